The van der Waals surface area contributed by atoms with Crippen LogP contribution in [-0.4, -0.2) is 73.4 Å². The normalized spacial score (nSPS) is 15.3. The van der Waals surface area contributed by atoms with E-state index in [2.05, 4.69) is 9.88 Å². The fourth-order valence-corrected chi connectivity index (χ4v) is 4.74. The zero-order valence-electron chi connectivity index (χ0n) is 21.1. The van der Waals surface area contributed by atoms with Crippen LogP contribution in [0.1, 0.15) is 19.8 Å². The Balaban J connectivity index is 1.74. The van der Waals surface area contributed by atoms with E-state index >= 15 is 0 Å². The Morgan fingerprint density at radius 1 is 1.19 bits per heavy atom. The van der Waals surface area contributed by atoms with Gasteiger partial charge in [0.05, 0.1) is 19.1 Å². The van der Waals surface area contributed by atoms with Gasteiger partial charge in [-0.25, -0.2) is 9.97 Å². The molecule has 12 heteroatoms. The van der Waals surface area contributed by atoms with E-state index in [1.807, 2.05) is 59.3 Å². The maximum absolute atomic E-state index is 12.1. The molecule has 1 aliphatic rings. The third kappa shape index (κ3) is 4.49. The molecule has 4 aromatic rings. The molecule has 1 aliphatic heterocycles. The molecule has 1 aromatic carbocycles. The zero-order chi connectivity index (χ0) is 26.3. The Labute approximate surface area is 219 Å². The van der Waals surface area contributed by atoms with Gasteiger partial charge in [-0.15, -0.1) is 0 Å². The lowest BCUT2D eigenvalue weighted by molar-refractivity contribution is -0.127. The number of aliphatic hydroxyl groups is 1. The van der Waals surface area contributed by atoms with Crippen LogP contribution < -0.4 is 15.5 Å². The second-order valence-electron chi connectivity index (χ2n) is 9.71. The van der Waals surface area contributed by atoms with Gasteiger partial charge < -0.3 is 25.2 Å². The molecule has 194 valence electrons. The second-order valence-corrected chi connectivity index (χ2v) is 10.2. The van der Waals surface area contributed by atoms with Gasteiger partial charge in [-0.05, 0) is 37.1 Å². The van der Waals surface area contributed by atoms with E-state index in [0.717, 1.165) is 11.4 Å². The number of carbonyl (C=O) groups excluding carboxylic acids is 1. The van der Waals surface area contributed by atoms with E-state index in [1.54, 1.807) is 12.5 Å². The highest BCUT2D eigenvalue weighted by atomic mass is 35.5. The predicted molar refractivity (Wildman–Crippen MR) is 143 cm³/mol. The Bertz CT molecular complexity index is 1440. The molecule has 0 unspecified atom stereocenters. The zero-order valence-corrected chi connectivity index (χ0v) is 21.9. The molecular formula is C25H30ClN9O2. The van der Waals surface area contributed by atoms with Crippen LogP contribution in [0.2, 0.25) is 5.02 Å². The number of halogens is 1. The molecular weight excluding hydrogens is 494 g/mol. The number of imidazole rings is 2. The molecule has 0 spiro atoms. The van der Waals surface area contributed by atoms with Crippen LogP contribution in [0.15, 0.2) is 36.8 Å². The van der Waals surface area contributed by atoms with Crippen molar-refractivity contribution in [1.82, 2.24) is 29.1 Å². The lowest BCUT2D eigenvalue weighted by Crippen LogP contribution is -2.45. The highest BCUT2D eigenvalue weighted by Crippen LogP contribution is 2.37. The highest BCUT2D eigenvalue weighted by Gasteiger charge is 2.37. The third-order valence-corrected chi connectivity index (χ3v) is 7.40. The average Bonchev–Trinajstić information content (AvgIpc) is 3.47. The first-order chi connectivity index (χ1) is 17.7. The standard InChI is InChI=1S/C25H30ClN9O2/c1-25(23(27)37)8-10-34(11-9-25)21-19-22(31-24(30-21)32(2)12-13-36)35(17-6-4-16(26)5-7-17)20(29-19)18-14-28-15-33(18)3/h4-7,14-15,36H,8-13H2,1-3H3,(H2,27,37). The third-order valence-electron chi connectivity index (χ3n) is 7.15. The van der Waals surface area contributed by atoms with Crippen molar-refractivity contribution >= 4 is 40.4 Å². The first-order valence-electron chi connectivity index (χ1n) is 12.1. The molecule has 3 aromatic heterocycles. The number of benzene rings is 1. The molecule has 1 saturated heterocycles. The van der Waals surface area contributed by atoms with E-state index in [4.69, 9.17) is 32.3 Å². The maximum atomic E-state index is 12.1. The molecule has 0 saturated carbocycles. The van der Waals surface area contributed by atoms with Crippen LogP contribution in [0.3, 0.4) is 0 Å². The van der Waals surface area contributed by atoms with Gasteiger partial charge in [0, 0.05) is 49.9 Å². The first-order valence-corrected chi connectivity index (χ1v) is 12.5. The molecule has 0 bridgehead atoms. The first kappa shape index (κ1) is 25.0. The Kier molecular flexibility index (Phi) is 6.50. The number of aliphatic hydroxyl groups excluding tert-OH is 1. The number of piperidine rings is 1. The quantitative estimate of drug-likeness (QED) is 0.377. The van der Waals surface area contributed by atoms with Crippen molar-refractivity contribution in [2.75, 3.05) is 43.1 Å². The Hall–Kier alpha value is -3.70. The number of hydrogen-bond donors (Lipinski definition) is 2. The molecule has 0 radical (unpaired) electrons. The molecule has 1 amide bonds. The van der Waals surface area contributed by atoms with Crippen LogP contribution in [0.5, 0.6) is 0 Å². The topological polar surface area (TPSA) is 131 Å². The number of nitrogens with zero attached hydrogens (tertiary/aromatic N) is 8. The van der Waals surface area contributed by atoms with Crippen molar-refractivity contribution in [2.45, 2.75) is 19.8 Å². The summed E-state index contributed by atoms with van der Waals surface area (Å²) in [5, 5.41) is 10.2. The molecule has 4 heterocycles. The van der Waals surface area contributed by atoms with E-state index in [1.165, 1.54) is 0 Å². The lowest BCUT2D eigenvalue weighted by atomic mass is 9.80. The van der Waals surface area contributed by atoms with Gasteiger partial charge in [-0.2, -0.15) is 9.97 Å². The lowest BCUT2D eigenvalue weighted by Gasteiger charge is -2.38. The van der Waals surface area contributed by atoms with Crippen molar-refractivity contribution in [1.29, 1.82) is 0 Å². The number of carbonyl (C=O) groups is 1. The van der Waals surface area contributed by atoms with Gasteiger partial charge in [0.1, 0.15) is 5.69 Å². The van der Waals surface area contributed by atoms with Crippen LogP contribution in [0, 0.1) is 5.41 Å². The number of fused-ring (bicyclic) bond motifs is 1. The van der Waals surface area contributed by atoms with Gasteiger partial charge in [0.25, 0.3) is 0 Å². The fourth-order valence-electron chi connectivity index (χ4n) is 4.61. The van der Waals surface area contributed by atoms with Gasteiger partial charge >= 0.3 is 0 Å². The molecule has 11 nitrogen and oxygen atoms in total. The Morgan fingerprint density at radius 3 is 2.49 bits per heavy atom. The molecule has 1 fully saturated rings. The highest BCUT2D eigenvalue weighted by molar-refractivity contribution is 6.30. The number of anilines is 2. The number of rotatable bonds is 7. The molecule has 5 rings (SSSR count). The van der Waals surface area contributed by atoms with Gasteiger partial charge in [0.2, 0.25) is 11.9 Å². The minimum atomic E-state index is -0.554. The number of primary amides is 1. The summed E-state index contributed by atoms with van der Waals surface area (Å²) < 4.78 is 3.88. The summed E-state index contributed by atoms with van der Waals surface area (Å²) in [6, 6.07) is 7.49. The molecule has 3 N–H and O–H groups in total. The number of likely N-dealkylation sites (N-methyl/N-ethyl adjacent to an activating group) is 1. The largest absolute Gasteiger partial charge is 0.395 e. The van der Waals surface area contributed by atoms with Gasteiger partial charge in [-0.1, -0.05) is 18.5 Å². The number of hydrogen-bond acceptors (Lipinski definition) is 8. The van der Waals surface area contributed by atoms with Gasteiger partial charge in [-0.3, -0.25) is 9.36 Å². The van der Waals surface area contributed by atoms with E-state index in [-0.39, 0.29) is 12.5 Å². The number of aromatic nitrogens is 6. The van der Waals surface area contributed by atoms with Crippen molar-refractivity contribution in [3.63, 3.8) is 0 Å². The van der Waals surface area contributed by atoms with Crippen molar-refractivity contribution in [2.24, 2.45) is 18.2 Å². The number of amides is 1. The van der Waals surface area contributed by atoms with E-state index < -0.39 is 5.41 Å². The smallest absolute Gasteiger partial charge is 0.229 e. The van der Waals surface area contributed by atoms with E-state index in [0.29, 0.717) is 66.3 Å². The average molecular weight is 524 g/mol. The van der Waals surface area contributed by atoms with Crippen molar-refractivity contribution in [3.8, 4) is 17.2 Å². The van der Waals surface area contributed by atoms with Crippen LogP contribution in [-0.2, 0) is 11.8 Å². The summed E-state index contributed by atoms with van der Waals surface area (Å²) in [6.07, 6.45) is 4.71. The summed E-state index contributed by atoms with van der Waals surface area (Å²) in [5.41, 5.74) is 8.04. The fraction of sp³-hybridized carbons (Fsp3) is 0.400. The van der Waals surface area contributed by atoms with E-state index in [9.17, 15) is 9.90 Å². The second kappa shape index (κ2) is 9.64. The molecule has 0 atom stereocenters. The predicted octanol–water partition coefficient (Wildman–Crippen LogP) is 2.39. The van der Waals surface area contributed by atoms with Crippen molar-refractivity contribution in [3.05, 3.63) is 41.8 Å². The monoisotopic (exact) mass is 523 g/mol. The van der Waals surface area contributed by atoms with Crippen LogP contribution in [0.25, 0.3) is 28.4 Å². The summed E-state index contributed by atoms with van der Waals surface area (Å²) in [4.78, 5) is 35.1. The summed E-state index contributed by atoms with van der Waals surface area (Å²) in [7, 11) is 3.75. The molecule has 37 heavy (non-hydrogen) atoms. The maximum Gasteiger partial charge on any atom is 0.229 e. The summed E-state index contributed by atoms with van der Waals surface area (Å²) in [5.74, 6) is 1.52. The number of aryl methyl sites for hydroxylation is 1. The molecule has 0 aliphatic carbocycles. The minimum absolute atomic E-state index is 0.0371. The summed E-state index contributed by atoms with van der Waals surface area (Å²) >= 11 is 6.19. The van der Waals surface area contributed by atoms with Crippen LogP contribution in [0.4, 0.5) is 11.8 Å². The van der Waals surface area contributed by atoms with Gasteiger partial charge in [0.15, 0.2) is 22.8 Å². The summed E-state index contributed by atoms with van der Waals surface area (Å²) in [6.45, 7) is 3.45. The SMILES string of the molecule is CN(CCO)c1nc(N2CCC(C)(C(N)=O)CC2)c2nc(-c3cncn3C)n(-c3ccc(Cl)cc3)c2n1. The van der Waals surface area contributed by atoms with Crippen LogP contribution >= 0.6 is 11.6 Å². The number of nitrogens with two attached hydrogens (primary N) is 1. The minimum Gasteiger partial charge on any atom is -0.395 e. The van der Waals surface area contributed by atoms with Crippen molar-refractivity contribution < 1.29 is 9.90 Å². The Morgan fingerprint density at radius 2 is 1.89 bits per heavy atom.